The van der Waals surface area contributed by atoms with Crippen molar-refractivity contribution in [1.82, 2.24) is 10.6 Å². The van der Waals surface area contributed by atoms with Crippen molar-refractivity contribution in [3.63, 3.8) is 0 Å². The second-order valence-electron chi connectivity index (χ2n) is 6.77. The van der Waals surface area contributed by atoms with Crippen molar-refractivity contribution in [3.05, 3.63) is 58.3 Å². The van der Waals surface area contributed by atoms with Gasteiger partial charge in [-0.3, -0.25) is 9.98 Å². The molecule has 0 saturated carbocycles. The third kappa shape index (κ3) is 24.5. The van der Waals surface area contributed by atoms with E-state index in [1.807, 2.05) is 13.8 Å². The second kappa shape index (κ2) is 32.7. The Balaban J connectivity index is -0.000000259. The number of aliphatic imine (C=N–C) groups is 2. The van der Waals surface area contributed by atoms with Crippen LogP contribution in [-0.2, 0) is 33.0 Å². The SMILES string of the molecule is CCNCCN=Cc1ccc(OC)cc1[O-].CCNCCN=Cc1ccc(OC)cc1[O-].[N-]=C=S.[N-]=C=S.[Ni+3].[Ni+3]. The van der Waals surface area contributed by atoms with Crippen LogP contribution in [0.4, 0.5) is 0 Å². The molecular formula is C26H34N6Ni2O4S2+2. The minimum atomic E-state index is -0.0634. The van der Waals surface area contributed by atoms with E-state index in [0.29, 0.717) is 35.7 Å². The summed E-state index contributed by atoms with van der Waals surface area (Å²) < 4.78 is 9.91. The third-order valence-electron chi connectivity index (χ3n) is 4.24. The number of ether oxygens (including phenoxy) is 2. The number of methoxy groups -OCH3 is 2. The van der Waals surface area contributed by atoms with E-state index >= 15 is 0 Å². The maximum atomic E-state index is 11.5. The van der Waals surface area contributed by atoms with Gasteiger partial charge in [0.2, 0.25) is 0 Å². The van der Waals surface area contributed by atoms with Gasteiger partial charge in [-0.25, -0.2) is 0 Å². The Morgan fingerprint density at radius 2 is 1.10 bits per heavy atom. The normalized spacial score (nSPS) is 9.10. The standard InChI is InChI=1S/2C12H18N2O2.2CNS.2Ni/c2*1-3-13-6-7-14-9-10-4-5-11(16-2)8-12(10)15;2*2-1-3;;/h2*4-5,8-9,13,15H,3,6-7H2,1-2H3;;;;/q;;2*-1;2*+3/p-2. The number of benzene rings is 2. The summed E-state index contributed by atoms with van der Waals surface area (Å²) in [5, 5.41) is 46.3. The van der Waals surface area contributed by atoms with E-state index in [-0.39, 0.29) is 44.5 Å². The molecule has 2 aromatic rings. The largest absolute Gasteiger partial charge is 3.00 e. The Bertz CT molecular complexity index is 953. The van der Waals surface area contributed by atoms with Crippen LogP contribution in [0.1, 0.15) is 25.0 Å². The Hall–Kier alpha value is -2.51. The summed E-state index contributed by atoms with van der Waals surface area (Å²) >= 11 is 7.40. The van der Waals surface area contributed by atoms with Gasteiger partial charge in [0, 0.05) is 25.5 Å². The van der Waals surface area contributed by atoms with Gasteiger partial charge in [-0.15, -0.1) is 0 Å². The minimum absolute atomic E-state index is 0. The van der Waals surface area contributed by atoms with E-state index in [2.05, 4.69) is 45.1 Å². The van der Waals surface area contributed by atoms with Crippen LogP contribution in [0.15, 0.2) is 46.4 Å². The molecule has 14 heteroatoms. The minimum Gasteiger partial charge on any atom is -0.872 e. The third-order valence-corrected chi connectivity index (χ3v) is 4.24. The average molecular weight is 676 g/mol. The van der Waals surface area contributed by atoms with E-state index in [1.165, 1.54) is 22.5 Å². The predicted molar refractivity (Wildman–Crippen MR) is 159 cm³/mol. The quantitative estimate of drug-likeness (QED) is 0.151. The molecule has 2 rings (SSSR count). The molecular weight excluding hydrogens is 642 g/mol. The number of isothiocyanates is 2. The van der Waals surface area contributed by atoms with Crippen molar-refractivity contribution < 1.29 is 52.7 Å². The van der Waals surface area contributed by atoms with Gasteiger partial charge in [0.25, 0.3) is 0 Å². The van der Waals surface area contributed by atoms with Crippen LogP contribution in [-0.4, -0.2) is 76.2 Å². The number of nitrogens with zero attached hydrogens (tertiary/aromatic N) is 4. The molecule has 0 amide bonds. The fraction of sp³-hybridized carbons (Fsp3) is 0.385. The van der Waals surface area contributed by atoms with E-state index in [4.69, 9.17) is 20.3 Å². The van der Waals surface area contributed by atoms with Gasteiger partial charge in [-0.05, 0) is 48.5 Å². The smallest absolute Gasteiger partial charge is 0.872 e. The first-order chi connectivity index (χ1) is 18.4. The number of hydrogen-bond acceptors (Lipinski definition) is 10. The first-order valence-electron chi connectivity index (χ1n) is 11.5. The van der Waals surface area contributed by atoms with Crippen LogP contribution in [0.2, 0.25) is 0 Å². The van der Waals surface area contributed by atoms with Crippen molar-refractivity contribution in [2.24, 2.45) is 9.98 Å². The zero-order chi connectivity index (χ0) is 29.0. The van der Waals surface area contributed by atoms with E-state index in [0.717, 1.165) is 26.2 Å². The molecule has 0 saturated heterocycles. The number of rotatable bonds is 12. The number of hydrogen-bond donors (Lipinski definition) is 2. The van der Waals surface area contributed by atoms with Gasteiger partial charge in [0.15, 0.2) is 0 Å². The molecule has 10 nitrogen and oxygen atoms in total. The summed E-state index contributed by atoms with van der Waals surface area (Å²) in [4.78, 5) is 8.33. The van der Waals surface area contributed by atoms with Crippen molar-refractivity contribution in [2.45, 2.75) is 13.8 Å². The molecule has 2 N–H and O–H groups in total. The molecule has 0 atom stereocenters. The van der Waals surface area contributed by atoms with Crippen LogP contribution in [0, 0.1) is 0 Å². The summed E-state index contributed by atoms with van der Waals surface area (Å²) in [7, 11) is 3.08. The molecule has 0 aliphatic heterocycles. The van der Waals surface area contributed by atoms with Gasteiger partial charge in [-0.1, -0.05) is 61.9 Å². The Kier molecular flexibility index (Phi) is 36.4. The first-order valence-corrected chi connectivity index (χ1v) is 12.3. The van der Waals surface area contributed by atoms with Crippen LogP contribution in [0.5, 0.6) is 23.0 Å². The van der Waals surface area contributed by atoms with Gasteiger partial charge in [0.05, 0.1) is 27.3 Å². The maximum Gasteiger partial charge on any atom is 3.00 e. The molecule has 0 unspecified atom stereocenters. The van der Waals surface area contributed by atoms with Gasteiger partial charge in [0.1, 0.15) is 11.5 Å². The Labute approximate surface area is 268 Å². The summed E-state index contributed by atoms with van der Waals surface area (Å²) in [5.74, 6) is 1.03. The second-order valence-corrected chi connectivity index (χ2v) is 7.13. The summed E-state index contributed by atoms with van der Waals surface area (Å²) in [6.45, 7) is 8.98. The van der Waals surface area contributed by atoms with Gasteiger partial charge in [-0.2, -0.15) is 10.3 Å². The molecule has 0 heterocycles. The van der Waals surface area contributed by atoms with Gasteiger partial charge < -0.3 is 41.1 Å². The van der Waals surface area contributed by atoms with Crippen molar-refractivity contribution >= 4 is 47.2 Å². The first kappa shape index (κ1) is 44.5. The maximum absolute atomic E-state index is 11.5. The zero-order valence-electron chi connectivity index (χ0n) is 22.7. The average Bonchev–Trinajstić information content (AvgIpc) is 2.91. The molecule has 0 aliphatic carbocycles. The topological polar surface area (TPSA) is 158 Å². The summed E-state index contributed by atoms with van der Waals surface area (Å²) in [6.07, 6.45) is 3.22. The van der Waals surface area contributed by atoms with Crippen LogP contribution >= 0.6 is 24.4 Å². The fourth-order valence-electron chi connectivity index (χ4n) is 2.46. The number of nitrogens with one attached hydrogen (secondary N) is 2. The van der Waals surface area contributed by atoms with E-state index in [9.17, 15) is 10.2 Å². The van der Waals surface area contributed by atoms with Crippen LogP contribution < -0.4 is 30.3 Å². The predicted octanol–water partition coefficient (Wildman–Crippen LogP) is 2.91. The summed E-state index contributed by atoms with van der Waals surface area (Å²) in [5.41, 5.74) is 1.19. The van der Waals surface area contributed by atoms with Crippen molar-refractivity contribution in [1.29, 1.82) is 0 Å². The van der Waals surface area contributed by atoms with Crippen LogP contribution in [0.25, 0.3) is 10.8 Å². The van der Waals surface area contributed by atoms with E-state index in [1.54, 1.807) is 50.9 Å². The Morgan fingerprint density at radius 3 is 1.35 bits per heavy atom. The molecule has 0 aliphatic rings. The summed E-state index contributed by atoms with van der Waals surface area (Å²) in [6, 6.07) is 9.88. The van der Waals surface area contributed by atoms with Crippen molar-refractivity contribution in [2.75, 3.05) is 53.5 Å². The van der Waals surface area contributed by atoms with Crippen LogP contribution in [0.3, 0.4) is 0 Å². The molecule has 0 bridgehead atoms. The molecule has 40 heavy (non-hydrogen) atoms. The molecule has 2 radical (unpaired) electrons. The Morgan fingerprint density at radius 1 is 0.775 bits per heavy atom. The number of likely N-dealkylation sites (N-methyl/N-ethyl adjacent to an activating group) is 2. The monoisotopic (exact) mass is 674 g/mol. The fourth-order valence-corrected chi connectivity index (χ4v) is 2.46. The zero-order valence-corrected chi connectivity index (χ0v) is 26.3. The molecule has 222 valence electrons. The molecule has 0 spiro atoms. The number of thiocarbonyl (C=S) groups is 2. The van der Waals surface area contributed by atoms with Gasteiger partial charge >= 0.3 is 33.0 Å². The van der Waals surface area contributed by atoms with E-state index < -0.39 is 0 Å². The molecule has 0 fully saturated rings. The molecule has 2 aromatic carbocycles. The molecule has 0 aromatic heterocycles. The van der Waals surface area contributed by atoms with Crippen molar-refractivity contribution in [3.8, 4) is 23.0 Å².